The summed E-state index contributed by atoms with van der Waals surface area (Å²) >= 11 is 0. The monoisotopic (exact) mass is 337 g/mol. The molecule has 5 heteroatoms. The number of hydrogen-bond acceptors (Lipinski definition) is 3. The summed E-state index contributed by atoms with van der Waals surface area (Å²) in [5.74, 6) is 1.68. The van der Waals surface area contributed by atoms with E-state index in [4.69, 9.17) is 0 Å². The topological polar surface area (TPSA) is 74.8 Å². The first-order valence-electron chi connectivity index (χ1n) is 8.98. The van der Waals surface area contributed by atoms with E-state index in [0.717, 1.165) is 12.8 Å². The Bertz CT molecular complexity index is 887. The molecule has 25 heavy (non-hydrogen) atoms. The van der Waals surface area contributed by atoms with Crippen LogP contribution in [0.5, 0.6) is 0 Å². The molecule has 5 nitrogen and oxygen atoms in total. The van der Waals surface area contributed by atoms with Crippen LogP contribution in [0.3, 0.4) is 0 Å². The molecule has 2 aliphatic carbocycles. The van der Waals surface area contributed by atoms with Gasteiger partial charge in [0, 0.05) is 29.6 Å². The highest BCUT2D eigenvalue weighted by atomic mass is 16.1. The normalized spacial score (nSPS) is 23.5. The van der Waals surface area contributed by atoms with Crippen LogP contribution < -0.4 is 10.9 Å². The number of H-pyrrole nitrogens is 1. The van der Waals surface area contributed by atoms with Crippen LogP contribution in [0.4, 0.5) is 0 Å². The fourth-order valence-corrected chi connectivity index (χ4v) is 4.31. The second-order valence-corrected chi connectivity index (χ2v) is 7.24. The number of amides is 1. The van der Waals surface area contributed by atoms with E-state index in [2.05, 4.69) is 39.6 Å². The number of carbonyl (C=O) groups is 1. The maximum atomic E-state index is 12.4. The zero-order valence-electron chi connectivity index (χ0n) is 14.6. The van der Waals surface area contributed by atoms with E-state index >= 15 is 0 Å². The summed E-state index contributed by atoms with van der Waals surface area (Å²) in [6, 6.07) is 8.82. The van der Waals surface area contributed by atoms with Crippen LogP contribution in [0.15, 0.2) is 29.1 Å². The molecule has 0 radical (unpaired) electrons. The Morgan fingerprint density at radius 1 is 1.32 bits per heavy atom. The predicted molar refractivity (Wildman–Crippen MR) is 95.6 cm³/mol. The van der Waals surface area contributed by atoms with Crippen LogP contribution in [0.25, 0.3) is 0 Å². The summed E-state index contributed by atoms with van der Waals surface area (Å²) in [4.78, 5) is 31.4. The summed E-state index contributed by atoms with van der Waals surface area (Å²) in [6.07, 6.45) is 3.01. The maximum Gasteiger partial charge on any atom is 0.254 e. The van der Waals surface area contributed by atoms with Crippen molar-refractivity contribution >= 4 is 5.91 Å². The van der Waals surface area contributed by atoms with Gasteiger partial charge in [0.1, 0.15) is 5.82 Å². The molecule has 0 aliphatic heterocycles. The molecule has 2 aromatic rings. The number of hydrogen-bond donors (Lipinski definition) is 2. The SMILES string of the molecule is Cc1nc(C)c(CCC(=O)NC2C3CCc4ccccc4C32)c(=O)[nH]1. The van der Waals surface area contributed by atoms with Gasteiger partial charge in [-0.3, -0.25) is 9.59 Å². The molecular weight excluding hydrogens is 314 g/mol. The quantitative estimate of drug-likeness (QED) is 0.898. The molecule has 3 atom stereocenters. The van der Waals surface area contributed by atoms with Crippen molar-refractivity contribution in [3.05, 3.63) is 62.8 Å². The second-order valence-electron chi connectivity index (χ2n) is 7.24. The van der Waals surface area contributed by atoms with E-state index in [1.807, 2.05) is 6.92 Å². The van der Waals surface area contributed by atoms with E-state index in [9.17, 15) is 9.59 Å². The van der Waals surface area contributed by atoms with Crippen LogP contribution in [0, 0.1) is 19.8 Å². The van der Waals surface area contributed by atoms with Gasteiger partial charge in [0.05, 0.1) is 0 Å². The van der Waals surface area contributed by atoms with Crippen molar-refractivity contribution in [2.24, 2.45) is 5.92 Å². The molecule has 1 aromatic heterocycles. The lowest BCUT2D eigenvalue weighted by molar-refractivity contribution is -0.121. The minimum Gasteiger partial charge on any atom is -0.352 e. The summed E-state index contributed by atoms with van der Waals surface area (Å²) in [7, 11) is 0. The molecule has 2 N–H and O–H groups in total. The summed E-state index contributed by atoms with van der Waals surface area (Å²) in [5.41, 5.74) is 4.02. The average Bonchev–Trinajstić information content (AvgIpc) is 3.27. The van der Waals surface area contributed by atoms with Crippen molar-refractivity contribution in [1.29, 1.82) is 0 Å². The van der Waals surface area contributed by atoms with Gasteiger partial charge in [-0.05, 0) is 50.2 Å². The lowest BCUT2D eigenvalue weighted by Gasteiger charge is -2.13. The highest BCUT2D eigenvalue weighted by Crippen LogP contribution is 2.54. The Balaban J connectivity index is 1.38. The molecule has 1 heterocycles. The van der Waals surface area contributed by atoms with Gasteiger partial charge in [-0.1, -0.05) is 24.3 Å². The molecule has 130 valence electrons. The molecule has 0 bridgehead atoms. The maximum absolute atomic E-state index is 12.4. The zero-order chi connectivity index (χ0) is 17.6. The van der Waals surface area contributed by atoms with Crippen LogP contribution in [-0.4, -0.2) is 21.9 Å². The third-order valence-electron chi connectivity index (χ3n) is 5.60. The zero-order valence-corrected chi connectivity index (χ0v) is 14.6. The molecule has 4 rings (SSSR count). The van der Waals surface area contributed by atoms with Crippen LogP contribution in [0.1, 0.15) is 47.0 Å². The molecule has 2 aliphatic rings. The Morgan fingerprint density at radius 3 is 2.92 bits per heavy atom. The summed E-state index contributed by atoms with van der Waals surface area (Å²) in [5, 5.41) is 3.19. The third-order valence-corrected chi connectivity index (χ3v) is 5.60. The number of aryl methyl sites for hydroxylation is 3. The van der Waals surface area contributed by atoms with E-state index in [-0.39, 0.29) is 17.5 Å². The van der Waals surface area contributed by atoms with Gasteiger partial charge in [0.2, 0.25) is 5.91 Å². The molecule has 3 unspecified atom stereocenters. The standard InChI is InChI=1S/C20H23N3O2/c1-11-14(20(25)22-12(2)21-11)9-10-17(24)23-19-16-8-7-13-5-3-4-6-15(13)18(16)19/h3-6,16,18-19H,7-10H2,1-2H3,(H,23,24)(H,21,22,25). The van der Waals surface area contributed by atoms with Gasteiger partial charge < -0.3 is 10.3 Å². The largest absolute Gasteiger partial charge is 0.352 e. The number of benzene rings is 1. The van der Waals surface area contributed by atoms with Crippen molar-refractivity contribution in [1.82, 2.24) is 15.3 Å². The van der Waals surface area contributed by atoms with E-state index in [0.29, 0.717) is 41.8 Å². The van der Waals surface area contributed by atoms with Gasteiger partial charge in [-0.15, -0.1) is 0 Å². The number of nitrogens with zero attached hydrogens (tertiary/aromatic N) is 1. The third kappa shape index (κ3) is 2.99. The smallest absolute Gasteiger partial charge is 0.254 e. The molecule has 1 amide bonds. The second kappa shape index (κ2) is 6.14. The first-order valence-corrected chi connectivity index (χ1v) is 8.98. The lowest BCUT2D eigenvalue weighted by Crippen LogP contribution is -2.28. The van der Waals surface area contributed by atoms with Crippen molar-refractivity contribution < 1.29 is 4.79 Å². The average molecular weight is 337 g/mol. The number of rotatable bonds is 4. The highest BCUT2D eigenvalue weighted by molar-refractivity contribution is 5.77. The Hall–Kier alpha value is -2.43. The lowest BCUT2D eigenvalue weighted by atomic mass is 9.92. The fraction of sp³-hybridized carbons (Fsp3) is 0.450. The molecule has 0 spiro atoms. The predicted octanol–water partition coefficient (Wildman–Crippen LogP) is 2.16. The van der Waals surface area contributed by atoms with Crippen molar-refractivity contribution in [2.75, 3.05) is 0 Å². The van der Waals surface area contributed by atoms with Crippen molar-refractivity contribution in [3.8, 4) is 0 Å². The molecule has 1 fully saturated rings. The first-order chi connectivity index (χ1) is 12.0. The Morgan fingerprint density at radius 2 is 2.12 bits per heavy atom. The Kier molecular flexibility index (Phi) is 3.94. The van der Waals surface area contributed by atoms with E-state index in [1.54, 1.807) is 6.92 Å². The minimum atomic E-state index is -0.133. The number of fused-ring (bicyclic) bond motifs is 3. The number of carbonyl (C=O) groups excluding carboxylic acids is 1. The van der Waals surface area contributed by atoms with Gasteiger partial charge in [-0.2, -0.15) is 0 Å². The minimum absolute atomic E-state index is 0.0243. The Labute approximate surface area is 146 Å². The van der Waals surface area contributed by atoms with Gasteiger partial charge in [-0.25, -0.2) is 4.98 Å². The van der Waals surface area contributed by atoms with E-state index in [1.165, 1.54) is 11.1 Å². The number of nitrogens with one attached hydrogen (secondary N) is 2. The summed E-state index contributed by atoms with van der Waals surface area (Å²) in [6.45, 7) is 3.58. The van der Waals surface area contributed by atoms with Gasteiger partial charge in [0.15, 0.2) is 0 Å². The summed E-state index contributed by atoms with van der Waals surface area (Å²) < 4.78 is 0. The fourth-order valence-electron chi connectivity index (χ4n) is 4.31. The number of aromatic amines is 1. The van der Waals surface area contributed by atoms with Crippen LogP contribution >= 0.6 is 0 Å². The molecule has 1 saturated carbocycles. The van der Waals surface area contributed by atoms with Gasteiger partial charge >= 0.3 is 0 Å². The molecule has 1 aromatic carbocycles. The van der Waals surface area contributed by atoms with Crippen LogP contribution in [0.2, 0.25) is 0 Å². The molecule has 0 saturated heterocycles. The van der Waals surface area contributed by atoms with Gasteiger partial charge in [0.25, 0.3) is 5.56 Å². The van der Waals surface area contributed by atoms with Crippen LogP contribution in [-0.2, 0) is 17.6 Å². The van der Waals surface area contributed by atoms with Crippen molar-refractivity contribution in [3.63, 3.8) is 0 Å². The number of aromatic nitrogens is 2. The first kappa shape index (κ1) is 16.1. The van der Waals surface area contributed by atoms with Crippen molar-refractivity contribution in [2.45, 2.75) is 51.5 Å². The van der Waals surface area contributed by atoms with E-state index < -0.39 is 0 Å². The highest BCUT2D eigenvalue weighted by Gasteiger charge is 2.53. The molecular formula is C20H23N3O2.